The van der Waals surface area contributed by atoms with E-state index in [1.807, 2.05) is 55.5 Å². The van der Waals surface area contributed by atoms with E-state index in [0.717, 1.165) is 48.3 Å². The van der Waals surface area contributed by atoms with Crippen LogP contribution in [-0.2, 0) is 32.0 Å². The minimum atomic E-state index is -1.00. The Morgan fingerprint density at radius 3 is 1.77 bits per heavy atom. The lowest BCUT2D eigenvalue weighted by atomic mass is 9.75. The molecule has 2 aliphatic rings. The molecule has 2 atom stereocenters. The zero-order valence-electron chi connectivity index (χ0n) is 24.6. The smallest absolute Gasteiger partial charge is 0.330 e. The lowest BCUT2D eigenvalue weighted by Gasteiger charge is -2.50. The average Bonchev–Trinajstić information content (AvgIpc) is 2.92. The van der Waals surface area contributed by atoms with Gasteiger partial charge in [0.25, 0.3) is 0 Å². The summed E-state index contributed by atoms with van der Waals surface area (Å²) in [5.74, 6) is 0.621. The Morgan fingerprint density at radius 2 is 1.38 bits per heavy atom. The first-order valence-corrected chi connectivity index (χ1v) is 14.4. The Labute approximate surface area is 238 Å². The number of carbonyl (C=O) groups is 3. The van der Waals surface area contributed by atoms with Gasteiger partial charge in [0.15, 0.2) is 0 Å². The first-order chi connectivity index (χ1) is 19.0. The molecule has 0 spiro atoms. The molecule has 7 nitrogen and oxygen atoms in total. The minimum Gasteiger partial charge on any atom is -0.497 e. The molecule has 1 aliphatic carbocycles. The number of likely N-dealkylation sites (tertiary alicyclic amines) is 1. The highest BCUT2D eigenvalue weighted by atomic mass is 16.6. The van der Waals surface area contributed by atoms with Crippen molar-refractivity contribution in [3.63, 3.8) is 0 Å². The van der Waals surface area contributed by atoms with Gasteiger partial charge in [-0.05, 0) is 99.6 Å². The molecular weight excluding hydrogens is 506 g/mol. The largest absolute Gasteiger partial charge is 0.497 e. The number of methoxy groups -OCH3 is 2. The van der Waals surface area contributed by atoms with E-state index >= 15 is 0 Å². The zero-order valence-corrected chi connectivity index (χ0v) is 24.6. The predicted octanol–water partition coefficient (Wildman–Crippen LogP) is 5.42. The number of rotatable bonds is 11. The second-order valence-electron chi connectivity index (χ2n) is 12.0. The number of amides is 1. The molecule has 216 valence electrons. The lowest BCUT2D eigenvalue weighted by Crippen LogP contribution is -2.70. The third-order valence-corrected chi connectivity index (χ3v) is 8.85. The maximum atomic E-state index is 13.8. The average molecular weight is 550 g/mol. The summed E-state index contributed by atoms with van der Waals surface area (Å²) in [5, 5.41) is 0. The van der Waals surface area contributed by atoms with Crippen LogP contribution < -0.4 is 9.47 Å². The summed E-state index contributed by atoms with van der Waals surface area (Å²) in [6, 6.07) is 14.1. The number of hydrogen-bond donors (Lipinski definition) is 0. The van der Waals surface area contributed by atoms with Crippen molar-refractivity contribution in [3.05, 3.63) is 59.7 Å². The van der Waals surface area contributed by atoms with Crippen LogP contribution >= 0.6 is 0 Å². The summed E-state index contributed by atoms with van der Waals surface area (Å²) >= 11 is 0. The molecule has 2 aromatic carbocycles. The maximum Gasteiger partial charge on any atom is 0.330 e. The highest BCUT2D eigenvalue weighted by Gasteiger charge is 2.57. The van der Waals surface area contributed by atoms with Gasteiger partial charge in [-0.15, -0.1) is 0 Å². The molecule has 1 saturated carbocycles. The molecule has 40 heavy (non-hydrogen) atoms. The predicted molar refractivity (Wildman–Crippen MR) is 153 cm³/mol. The second-order valence-corrected chi connectivity index (χ2v) is 12.0. The summed E-state index contributed by atoms with van der Waals surface area (Å²) in [6.07, 6.45) is 4.61. The molecular formula is C33H43NO6. The number of ether oxygens (including phenoxy) is 3. The number of ketones is 1. The number of carbonyl (C=O) groups excluding carboxylic acids is 3. The quantitative estimate of drug-likeness (QED) is 0.211. The molecule has 1 saturated heterocycles. The van der Waals surface area contributed by atoms with Gasteiger partial charge in [0.2, 0.25) is 5.91 Å². The Bertz CT molecular complexity index is 1130. The number of benzene rings is 2. The van der Waals surface area contributed by atoms with Crippen molar-refractivity contribution in [1.29, 1.82) is 0 Å². The van der Waals surface area contributed by atoms with Crippen molar-refractivity contribution in [1.82, 2.24) is 4.90 Å². The van der Waals surface area contributed by atoms with Gasteiger partial charge < -0.3 is 19.1 Å². The van der Waals surface area contributed by atoms with Crippen LogP contribution in [0.2, 0.25) is 0 Å². The van der Waals surface area contributed by atoms with Crippen molar-refractivity contribution in [2.24, 2.45) is 17.8 Å². The molecule has 0 aromatic heterocycles. The molecule has 7 heteroatoms. The van der Waals surface area contributed by atoms with Crippen molar-refractivity contribution in [2.45, 2.75) is 83.9 Å². The van der Waals surface area contributed by atoms with E-state index < -0.39 is 23.5 Å². The highest BCUT2D eigenvalue weighted by molar-refractivity contribution is 6.11. The molecule has 0 N–H and O–H groups in total. The Hall–Kier alpha value is -3.35. The fourth-order valence-corrected chi connectivity index (χ4v) is 6.22. The van der Waals surface area contributed by atoms with Crippen molar-refractivity contribution < 1.29 is 28.6 Å². The highest BCUT2D eigenvalue weighted by Crippen LogP contribution is 2.40. The first kappa shape index (κ1) is 29.6. The van der Waals surface area contributed by atoms with Gasteiger partial charge in [-0.3, -0.25) is 9.59 Å². The number of hydrogen-bond acceptors (Lipinski definition) is 6. The van der Waals surface area contributed by atoms with E-state index in [2.05, 4.69) is 13.8 Å². The van der Waals surface area contributed by atoms with E-state index in [9.17, 15) is 14.4 Å². The van der Waals surface area contributed by atoms with Crippen molar-refractivity contribution in [3.8, 4) is 11.5 Å². The van der Waals surface area contributed by atoms with Crippen LogP contribution in [-0.4, -0.2) is 54.5 Å². The van der Waals surface area contributed by atoms with Gasteiger partial charge in [-0.2, -0.15) is 0 Å². The third-order valence-electron chi connectivity index (χ3n) is 8.85. The van der Waals surface area contributed by atoms with E-state index in [1.165, 1.54) is 6.92 Å². The maximum absolute atomic E-state index is 13.8. The molecule has 2 fully saturated rings. The van der Waals surface area contributed by atoms with Gasteiger partial charge in [0.1, 0.15) is 34.8 Å². The lowest BCUT2D eigenvalue weighted by molar-refractivity contribution is -0.190. The van der Waals surface area contributed by atoms with Crippen LogP contribution in [0.25, 0.3) is 0 Å². The van der Waals surface area contributed by atoms with E-state index in [0.29, 0.717) is 24.7 Å². The molecule has 0 radical (unpaired) electrons. The molecule has 0 bridgehead atoms. The van der Waals surface area contributed by atoms with Crippen molar-refractivity contribution >= 4 is 17.7 Å². The summed E-state index contributed by atoms with van der Waals surface area (Å²) < 4.78 is 16.8. The monoisotopic (exact) mass is 549 g/mol. The number of β-lactam (4-membered cyclic amide) rings is 1. The summed E-state index contributed by atoms with van der Waals surface area (Å²) in [7, 11) is 3.24. The van der Waals surface area contributed by atoms with Gasteiger partial charge >= 0.3 is 5.97 Å². The first-order valence-electron chi connectivity index (χ1n) is 14.4. The molecule has 2 unspecified atom stereocenters. The summed E-state index contributed by atoms with van der Waals surface area (Å²) in [4.78, 5) is 41.4. The van der Waals surface area contributed by atoms with Crippen LogP contribution in [0, 0.1) is 17.8 Å². The molecule has 1 amide bonds. The zero-order chi connectivity index (χ0) is 29.0. The van der Waals surface area contributed by atoms with Gasteiger partial charge in [0, 0.05) is 6.04 Å². The second kappa shape index (κ2) is 12.4. The molecule has 1 heterocycles. The van der Waals surface area contributed by atoms with Gasteiger partial charge in [0.05, 0.1) is 14.2 Å². The van der Waals surface area contributed by atoms with Crippen LogP contribution in [0.5, 0.6) is 11.5 Å². The van der Waals surface area contributed by atoms with Crippen molar-refractivity contribution in [2.75, 3.05) is 14.2 Å². The minimum absolute atomic E-state index is 0.301. The van der Waals surface area contributed by atoms with Gasteiger partial charge in [-0.1, -0.05) is 38.1 Å². The Morgan fingerprint density at radius 1 is 0.900 bits per heavy atom. The van der Waals surface area contributed by atoms with Crippen LogP contribution in [0.15, 0.2) is 48.5 Å². The molecule has 4 rings (SSSR count). The SMILES string of the molecule is COc1ccc(CC(Cc2ccc(OC)cc2)N2C(=O)C(C(C)=O)C2C(=O)OC2(C)CCC(C(C)C)CC2)cc1. The van der Waals surface area contributed by atoms with E-state index in [4.69, 9.17) is 14.2 Å². The summed E-state index contributed by atoms with van der Waals surface area (Å²) in [5.41, 5.74) is 1.42. The number of nitrogens with zero attached hydrogens (tertiary/aromatic N) is 1. The third kappa shape index (κ3) is 6.51. The summed E-state index contributed by atoms with van der Waals surface area (Å²) in [6.45, 7) is 7.85. The van der Waals surface area contributed by atoms with E-state index in [1.54, 1.807) is 19.1 Å². The Kier molecular flexibility index (Phi) is 9.22. The molecule has 1 aliphatic heterocycles. The number of Topliss-reactive ketones (excluding diaryl/α,β-unsaturated/α-hetero) is 1. The van der Waals surface area contributed by atoms with E-state index in [-0.39, 0.29) is 17.7 Å². The van der Waals surface area contributed by atoms with Crippen LogP contribution in [0.4, 0.5) is 0 Å². The Balaban J connectivity index is 1.59. The van der Waals surface area contributed by atoms with Crippen LogP contribution in [0.1, 0.15) is 64.5 Å². The fourth-order valence-electron chi connectivity index (χ4n) is 6.22. The fraction of sp³-hybridized carbons (Fsp3) is 0.545. The topological polar surface area (TPSA) is 82.1 Å². The normalized spacial score (nSPS) is 24.6. The molecule has 2 aromatic rings. The van der Waals surface area contributed by atoms with Crippen LogP contribution in [0.3, 0.4) is 0 Å². The van der Waals surface area contributed by atoms with Gasteiger partial charge in [-0.25, -0.2) is 4.79 Å². The standard InChI is InChI=1S/C33H43NO6/c1-21(2)25-15-17-33(4,18-16-25)40-32(37)30-29(22(3)35)31(36)34(30)26(19-23-7-11-27(38-5)12-8-23)20-24-9-13-28(39-6)14-10-24/h7-14,21,25-26,29-30H,15-20H2,1-6H3. The number of esters is 1.